The maximum Gasteiger partial charge on any atom is 0.337 e. The number of halogens is 1. The van der Waals surface area contributed by atoms with Gasteiger partial charge in [-0.15, -0.1) is 11.8 Å². The van der Waals surface area contributed by atoms with E-state index in [1.54, 1.807) is 48.2 Å². The maximum atomic E-state index is 12.8. The molecule has 0 saturated heterocycles. The van der Waals surface area contributed by atoms with Crippen molar-refractivity contribution in [2.75, 3.05) is 19.4 Å². The second-order valence-corrected chi connectivity index (χ2v) is 6.15. The molecule has 0 aliphatic carbocycles. The highest BCUT2D eigenvalue weighted by Gasteiger charge is 2.08. The van der Waals surface area contributed by atoms with Gasteiger partial charge in [0.25, 0.3) is 5.91 Å². The van der Waals surface area contributed by atoms with Crippen LogP contribution >= 0.6 is 11.8 Å². The zero-order valence-electron chi connectivity index (χ0n) is 13.3. The Hall–Kier alpha value is -2.34. The first-order valence-corrected chi connectivity index (χ1v) is 8.43. The van der Waals surface area contributed by atoms with E-state index < -0.39 is 5.97 Å². The topological polar surface area (TPSA) is 55.4 Å². The molecule has 24 heavy (non-hydrogen) atoms. The number of esters is 1. The van der Waals surface area contributed by atoms with Crippen molar-refractivity contribution >= 4 is 23.6 Å². The molecule has 2 aromatic carbocycles. The van der Waals surface area contributed by atoms with Crippen LogP contribution in [-0.2, 0) is 4.74 Å². The van der Waals surface area contributed by atoms with Crippen molar-refractivity contribution in [3.8, 4) is 0 Å². The smallest absolute Gasteiger partial charge is 0.337 e. The molecule has 4 nitrogen and oxygen atoms in total. The van der Waals surface area contributed by atoms with Crippen LogP contribution in [-0.4, -0.2) is 31.3 Å². The van der Waals surface area contributed by atoms with E-state index in [2.05, 4.69) is 10.1 Å². The number of ether oxygens (including phenoxy) is 1. The Balaban J connectivity index is 1.71. The van der Waals surface area contributed by atoms with Crippen LogP contribution in [0.4, 0.5) is 4.39 Å². The van der Waals surface area contributed by atoms with Crippen LogP contribution in [0.15, 0.2) is 53.4 Å². The molecular formula is C18H18FNO3S. The first-order chi connectivity index (χ1) is 11.6. The zero-order valence-corrected chi connectivity index (χ0v) is 14.1. The lowest BCUT2D eigenvalue weighted by atomic mass is 10.1. The summed E-state index contributed by atoms with van der Waals surface area (Å²) in [4.78, 5) is 24.3. The molecule has 1 N–H and O–H groups in total. The van der Waals surface area contributed by atoms with Crippen LogP contribution in [0.5, 0.6) is 0 Å². The fourth-order valence-electron chi connectivity index (χ4n) is 1.97. The Morgan fingerprint density at radius 2 is 1.67 bits per heavy atom. The predicted molar refractivity (Wildman–Crippen MR) is 91.9 cm³/mol. The van der Waals surface area contributed by atoms with Crippen LogP contribution in [0.25, 0.3) is 0 Å². The summed E-state index contributed by atoms with van der Waals surface area (Å²) < 4.78 is 17.4. The maximum absolute atomic E-state index is 12.8. The summed E-state index contributed by atoms with van der Waals surface area (Å²) >= 11 is 1.61. The number of hydrogen-bond acceptors (Lipinski definition) is 4. The average Bonchev–Trinajstić information content (AvgIpc) is 2.62. The van der Waals surface area contributed by atoms with Gasteiger partial charge >= 0.3 is 5.97 Å². The summed E-state index contributed by atoms with van der Waals surface area (Å²) in [6.07, 6.45) is 0.800. The molecule has 0 saturated carbocycles. The first kappa shape index (κ1) is 18.0. The minimum atomic E-state index is -0.431. The first-order valence-electron chi connectivity index (χ1n) is 7.45. The molecule has 0 aromatic heterocycles. The lowest BCUT2D eigenvalue weighted by molar-refractivity contribution is 0.0600. The molecule has 1 amide bonds. The van der Waals surface area contributed by atoms with Crippen LogP contribution < -0.4 is 5.32 Å². The lowest BCUT2D eigenvalue weighted by Crippen LogP contribution is -2.24. The number of nitrogens with one attached hydrogen (secondary N) is 1. The summed E-state index contributed by atoms with van der Waals surface area (Å²) in [7, 11) is 1.31. The Morgan fingerprint density at radius 3 is 2.29 bits per heavy atom. The Labute approximate surface area is 144 Å². The third-order valence-corrected chi connectivity index (χ3v) is 4.36. The van der Waals surface area contributed by atoms with Crippen molar-refractivity contribution in [3.63, 3.8) is 0 Å². The van der Waals surface area contributed by atoms with Gasteiger partial charge in [-0.25, -0.2) is 9.18 Å². The average molecular weight is 347 g/mol. The second kappa shape index (κ2) is 9.08. The molecule has 0 heterocycles. The SMILES string of the molecule is COC(=O)c1ccc(C(=O)NCCCSc2ccc(F)cc2)cc1. The minimum Gasteiger partial charge on any atom is -0.465 e. The van der Waals surface area contributed by atoms with E-state index in [4.69, 9.17) is 0 Å². The summed E-state index contributed by atoms with van der Waals surface area (Å²) in [5, 5.41) is 2.83. The monoisotopic (exact) mass is 347 g/mol. The van der Waals surface area contributed by atoms with Gasteiger partial charge in [-0.2, -0.15) is 0 Å². The summed E-state index contributed by atoms with van der Waals surface area (Å²) in [6, 6.07) is 12.6. The molecule has 0 unspecified atom stereocenters. The second-order valence-electron chi connectivity index (χ2n) is 4.98. The largest absolute Gasteiger partial charge is 0.465 e. The van der Waals surface area contributed by atoms with Gasteiger partial charge < -0.3 is 10.1 Å². The predicted octanol–water partition coefficient (Wildman–Crippen LogP) is 3.52. The molecule has 126 valence electrons. The molecule has 0 bridgehead atoms. The Bertz CT molecular complexity index is 686. The van der Waals surface area contributed by atoms with E-state index in [9.17, 15) is 14.0 Å². The van der Waals surface area contributed by atoms with Crippen molar-refractivity contribution in [2.24, 2.45) is 0 Å². The molecule has 0 atom stereocenters. The fraction of sp³-hybridized carbons (Fsp3) is 0.222. The number of amides is 1. The molecule has 6 heteroatoms. The van der Waals surface area contributed by atoms with Gasteiger partial charge in [0.2, 0.25) is 0 Å². The highest BCUT2D eigenvalue weighted by Crippen LogP contribution is 2.18. The van der Waals surface area contributed by atoms with Crippen molar-refractivity contribution in [2.45, 2.75) is 11.3 Å². The van der Waals surface area contributed by atoms with Crippen molar-refractivity contribution in [1.82, 2.24) is 5.32 Å². The van der Waals surface area contributed by atoms with Gasteiger partial charge in [-0.3, -0.25) is 4.79 Å². The number of hydrogen-bond donors (Lipinski definition) is 1. The van der Waals surface area contributed by atoms with E-state index in [0.29, 0.717) is 17.7 Å². The third kappa shape index (κ3) is 5.38. The van der Waals surface area contributed by atoms with Gasteiger partial charge in [0.05, 0.1) is 12.7 Å². The Morgan fingerprint density at radius 1 is 1.04 bits per heavy atom. The number of thioether (sulfide) groups is 1. The van der Waals surface area contributed by atoms with E-state index in [0.717, 1.165) is 17.1 Å². The van der Waals surface area contributed by atoms with Gasteiger partial charge in [-0.05, 0) is 60.7 Å². The van der Waals surface area contributed by atoms with Crippen LogP contribution in [0.2, 0.25) is 0 Å². The van der Waals surface area contributed by atoms with Crippen molar-refractivity contribution < 1.29 is 18.7 Å². The highest BCUT2D eigenvalue weighted by atomic mass is 32.2. The number of carbonyl (C=O) groups excluding carboxylic acids is 2. The van der Waals surface area contributed by atoms with E-state index in [-0.39, 0.29) is 11.7 Å². The molecule has 0 spiro atoms. The number of rotatable bonds is 7. The Kier molecular flexibility index (Phi) is 6.81. The van der Waals surface area contributed by atoms with Crippen LogP contribution in [0.3, 0.4) is 0 Å². The molecule has 2 aromatic rings. The fourth-order valence-corrected chi connectivity index (χ4v) is 2.83. The van der Waals surface area contributed by atoms with Gasteiger partial charge in [0.1, 0.15) is 5.82 Å². The molecule has 0 fully saturated rings. The van der Waals surface area contributed by atoms with Crippen molar-refractivity contribution in [3.05, 3.63) is 65.5 Å². The highest BCUT2D eigenvalue weighted by molar-refractivity contribution is 7.99. The van der Waals surface area contributed by atoms with Crippen LogP contribution in [0.1, 0.15) is 27.1 Å². The van der Waals surface area contributed by atoms with Crippen molar-refractivity contribution in [1.29, 1.82) is 0 Å². The number of methoxy groups -OCH3 is 1. The van der Waals surface area contributed by atoms with E-state index >= 15 is 0 Å². The molecule has 2 rings (SSSR count). The van der Waals surface area contributed by atoms with E-state index in [1.807, 2.05) is 0 Å². The quantitative estimate of drug-likeness (QED) is 0.473. The zero-order chi connectivity index (χ0) is 17.4. The molecule has 0 radical (unpaired) electrons. The van der Waals surface area contributed by atoms with Gasteiger partial charge in [0, 0.05) is 17.0 Å². The molecular weight excluding hydrogens is 329 g/mol. The summed E-state index contributed by atoms with van der Waals surface area (Å²) in [5.41, 5.74) is 0.901. The summed E-state index contributed by atoms with van der Waals surface area (Å²) in [6.45, 7) is 0.547. The van der Waals surface area contributed by atoms with Gasteiger partial charge in [-0.1, -0.05) is 0 Å². The lowest BCUT2D eigenvalue weighted by Gasteiger charge is -2.06. The van der Waals surface area contributed by atoms with Crippen LogP contribution in [0, 0.1) is 5.82 Å². The molecule has 0 aliphatic rings. The third-order valence-electron chi connectivity index (χ3n) is 3.26. The summed E-state index contributed by atoms with van der Waals surface area (Å²) in [5.74, 6) is -0.0319. The van der Waals surface area contributed by atoms with E-state index in [1.165, 1.54) is 19.2 Å². The minimum absolute atomic E-state index is 0.182. The van der Waals surface area contributed by atoms with Gasteiger partial charge in [0.15, 0.2) is 0 Å². The number of benzene rings is 2. The normalized spacial score (nSPS) is 10.2. The molecule has 0 aliphatic heterocycles. The standard InChI is InChI=1S/C18H18FNO3S/c1-23-18(22)14-5-3-13(4-6-14)17(21)20-11-2-12-24-16-9-7-15(19)8-10-16/h3-10H,2,11-12H2,1H3,(H,20,21). The number of carbonyl (C=O) groups is 2.